The number of hydrogen-bond donors (Lipinski definition) is 1. The average molecular weight is 250 g/mol. The van der Waals surface area contributed by atoms with Crippen molar-refractivity contribution in [3.63, 3.8) is 0 Å². The number of fused-ring (bicyclic) bond motifs is 1. The Morgan fingerprint density at radius 1 is 1.44 bits per heavy atom. The zero-order valence-electron chi connectivity index (χ0n) is 11.2. The summed E-state index contributed by atoms with van der Waals surface area (Å²) in [4.78, 5) is 11.7. The van der Waals surface area contributed by atoms with Crippen molar-refractivity contribution in [2.45, 2.75) is 45.6 Å². The van der Waals surface area contributed by atoms with Crippen LogP contribution >= 0.6 is 0 Å². The molecule has 0 saturated carbocycles. The lowest BCUT2D eigenvalue weighted by Gasteiger charge is -2.20. The second kappa shape index (κ2) is 5.70. The molecule has 0 spiro atoms. The molecule has 1 heterocycles. The molecule has 0 bridgehead atoms. The summed E-state index contributed by atoms with van der Waals surface area (Å²) in [5.41, 5.74) is 2.36. The number of aliphatic hydroxyl groups is 1. The number of aliphatic hydroxyl groups excluding tert-OH is 1. The predicted molar refractivity (Wildman–Crippen MR) is 69.9 cm³/mol. The van der Waals surface area contributed by atoms with Crippen LogP contribution in [-0.2, 0) is 9.53 Å². The average Bonchev–Trinajstić information content (AvgIpc) is 2.60. The van der Waals surface area contributed by atoms with Crippen LogP contribution in [-0.4, -0.2) is 23.8 Å². The summed E-state index contributed by atoms with van der Waals surface area (Å²) in [6.45, 7) is 4.16. The molecule has 3 nitrogen and oxygen atoms in total. The van der Waals surface area contributed by atoms with E-state index in [0.29, 0.717) is 0 Å². The zero-order chi connectivity index (χ0) is 13.1. The Kier molecular flexibility index (Phi) is 4.23. The molecular formula is C15H22O3. The second-order valence-electron chi connectivity index (χ2n) is 5.48. The molecule has 0 amide bonds. The largest absolute Gasteiger partial charge is 0.461 e. The highest BCUT2D eigenvalue weighted by molar-refractivity contribution is 5.74. The van der Waals surface area contributed by atoms with Crippen molar-refractivity contribution in [1.29, 1.82) is 0 Å². The molecular weight excluding hydrogens is 228 g/mol. The van der Waals surface area contributed by atoms with Gasteiger partial charge in [0.05, 0.1) is 12.5 Å². The molecule has 0 aromatic rings. The van der Waals surface area contributed by atoms with Gasteiger partial charge in [-0.15, -0.1) is 0 Å². The Balaban J connectivity index is 2.20. The van der Waals surface area contributed by atoms with Gasteiger partial charge in [0.1, 0.15) is 6.10 Å². The van der Waals surface area contributed by atoms with E-state index in [0.717, 1.165) is 31.3 Å². The topological polar surface area (TPSA) is 46.5 Å². The van der Waals surface area contributed by atoms with Crippen molar-refractivity contribution in [2.75, 3.05) is 6.61 Å². The minimum Gasteiger partial charge on any atom is -0.461 e. The summed E-state index contributed by atoms with van der Waals surface area (Å²) < 4.78 is 5.48. The lowest BCUT2D eigenvalue weighted by molar-refractivity contribution is -0.143. The monoisotopic (exact) mass is 250 g/mol. The van der Waals surface area contributed by atoms with Crippen LogP contribution in [0.2, 0.25) is 0 Å². The third-order valence-electron chi connectivity index (χ3n) is 4.12. The molecule has 0 radical (unpaired) electrons. The second-order valence-corrected chi connectivity index (χ2v) is 5.48. The fraction of sp³-hybridized carbons (Fsp3) is 0.667. The van der Waals surface area contributed by atoms with Crippen molar-refractivity contribution >= 4 is 5.97 Å². The molecule has 1 fully saturated rings. The molecule has 1 N–H and O–H groups in total. The van der Waals surface area contributed by atoms with Crippen LogP contribution in [0.1, 0.15) is 39.5 Å². The van der Waals surface area contributed by atoms with Crippen LogP contribution in [0.15, 0.2) is 23.3 Å². The molecule has 100 valence electrons. The summed E-state index contributed by atoms with van der Waals surface area (Å²) in [5.74, 6) is 0.148. The van der Waals surface area contributed by atoms with E-state index in [1.807, 2.05) is 6.92 Å². The first kappa shape index (κ1) is 13.3. The molecule has 3 heteroatoms. The van der Waals surface area contributed by atoms with E-state index in [9.17, 15) is 9.90 Å². The summed E-state index contributed by atoms with van der Waals surface area (Å²) >= 11 is 0. The Morgan fingerprint density at radius 3 is 2.94 bits per heavy atom. The van der Waals surface area contributed by atoms with E-state index < -0.39 is 0 Å². The smallest absolute Gasteiger partial charge is 0.309 e. The van der Waals surface area contributed by atoms with Gasteiger partial charge in [-0.2, -0.15) is 0 Å². The third-order valence-corrected chi connectivity index (χ3v) is 4.12. The van der Waals surface area contributed by atoms with Crippen LogP contribution in [0.5, 0.6) is 0 Å². The molecule has 1 aliphatic carbocycles. The number of rotatable bonds is 1. The lowest BCUT2D eigenvalue weighted by Crippen LogP contribution is -2.20. The summed E-state index contributed by atoms with van der Waals surface area (Å²) in [5, 5.41) is 9.31. The van der Waals surface area contributed by atoms with Crippen LogP contribution in [0, 0.1) is 11.8 Å². The highest BCUT2D eigenvalue weighted by Gasteiger charge is 2.40. The maximum absolute atomic E-state index is 11.7. The van der Waals surface area contributed by atoms with E-state index in [2.05, 4.69) is 19.1 Å². The van der Waals surface area contributed by atoms with Crippen molar-refractivity contribution in [3.05, 3.63) is 23.3 Å². The Bertz CT molecular complexity index is 381. The van der Waals surface area contributed by atoms with Gasteiger partial charge in [0, 0.05) is 12.3 Å². The quantitative estimate of drug-likeness (QED) is 0.575. The van der Waals surface area contributed by atoms with Gasteiger partial charge < -0.3 is 9.84 Å². The molecule has 3 atom stereocenters. The van der Waals surface area contributed by atoms with Gasteiger partial charge in [-0.25, -0.2) is 0 Å². The lowest BCUT2D eigenvalue weighted by atomic mass is 9.84. The van der Waals surface area contributed by atoms with Crippen LogP contribution in [0.4, 0.5) is 0 Å². The van der Waals surface area contributed by atoms with Crippen LogP contribution in [0.25, 0.3) is 0 Å². The molecule has 0 unspecified atom stereocenters. The number of hydrogen-bond acceptors (Lipinski definition) is 3. The zero-order valence-corrected chi connectivity index (χ0v) is 11.2. The van der Waals surface area contributed by atoms with E-state index in [-0.39, 0.29) is 30.5 Å². The summed E-state index contributed by atoms with van der Waals surface area (Å²) in [6.07, 6.45) is 7.86. The fourth-order valence-corrected chi connectivity index (χ4v) is 2.84. The highest BCUT2D eigenvalue weighted by Crippen LogP contribution is 2.35. The number of esters is 1. The molecule has 2 rings (SSSR count). The van der Waals surface area contributed by atoms with Crippen molar-refractivity contribution < 1.29 is 14.6 Å². The Hall–Kier alpha value is -1.09. The maximum Gasteiger partial charge on any atom is 0.309 e. The Labute approximate surface area is 109 Å². The molecule has 1 saturated heterocycles. The van der Waals surface area contributed by atoms with Gasteiger partial charge in [0.15, 0.2) is 0 Å². The van der Waals surface area contributed by atoms with Crippen molar-refractivity contribution in [3.8, 4) is 0 Å². The van der Waals surface area contributed by atoms with Gasteiger partial charge in [-0.3, -0.25) is 4.79 Å². The summed E-state index contributed by atoms with van der Waals surface area (Å²) in [6, 6.07) is 0. The first-order valence-corrected chi connectivity index (χ1v) is 6.76. The summed E-state index contributed by atoms with van der Waals surface area (Å²) in [7, 11) is 0. The minimum atomic E-state index is -0.0732. The van der Waals surface area contributed by atoms with Gasteiger partial charge in [-0.05, 0) is 31.8 Å². The van der Waals surface area contributed by atoms with Gasteiger partial charge in [0.25, 0.3) is 0 Å². The van der Waals surface area contributed by atoms with Crippen molar-refractivity contribution in [1.82, 2.24) is 0 Å². The standard InChI is InChI=1S/C15H22O3/c1-10-4-3-5-12(9-16)6-7-13-11(2)15(17)18-14(13)8-10/h4,6,11,13-14,16H,3,5,7-9H2,1-2H3/b10-4+,12-6-/t11-,13+,14-/m0/s1. The predicted octanol–water partition coefficient (Wildman–Crippen LogP) is 2.60. The van der Waals surface area contributed by atoms with E-state index in [1.165, 1.54) is 5.57 Å². The number of carbonyl (C=O) groups is 1. The Morgan fingerprint density at radius 2 is 2.22 bits per heavy atom. The third kappa shape index (κ3) is 2.83. The van der Waals surface area contributed by atoms with E-state index in [4.69, 9.17) is 4.74 Å². The van der Waals surface area contributed by atoms with E-state index in [1.54, 1.807) is 0 Å². The SMILES string of the molecule is C/C1=C\CC/C(CO)=C/C[C@H]2[C@H](C1)OC(=O)[C@H]2C. The highest BCUT2D eigenvalue weighted by atomic mass is 16.6. The normalized spacial score (nSPS) is 39.1. The molecule has 1 aliphatic heterocycles. The van der Waals surface area contributed by atoms with E-state index >= 15 is 0 Å². The molecule has 2 aliphatic rings. The number of carbonyl (C=O) groups excluding carboxylic acids is 1. The van der Waals surface area contributed by atoms with Crippen LogP contribution < -0.4 is 0 Å². The fourth-order valence-electron chi connectivity index (χ4n) is 2.84. The number of ether oxygens (including phenoxy) is 1. The van der Waals surface area contributed by atoms with Crippen molar-refractivity contribution in [2.24, 2.45) is 11.8 Å². The first-order valence-electron chi connectivity index (χ1n) is 6.76. The number of allylic oxidation sites excluding steroid dienone is 2. The van der Waals surface area contributed by atoms with Gasteiger partial charge in [0.2, 0.25) is 0 Å². The van der Waals surface area contributed by atoms with Crippen LogP contribution in [0.3, 0.4) is 0 Å². The van der Waals surface area contributed by atoms with Gasteiger partial charge in [-0.1, -0.05) is 24.6 Å². The minimum absolute atomic E-state index is 0.0121. The first-order chi connectivity index (χ1) is 8.61. The maximum atomic E-state index is 11.7. The molecule has 0 aromatic heterocycles. The molecule has 18 heavy (non-hydrogen) atoms. The molecule has 0 aromatic carbocycles. The van der Waals surface area contributed by atoms with Gasteiger partial charge >= 0.3 is 5.97 Å².